The molecule has 0 saturated heterocycles. The van der Waals surface area contributed by atoms with Crippen LogP contribution in [0.15, 0.2) is 18.2 Å². The molecule has 0 bridgehead atoms. The quantitative estimate of drug-likeness (QED) is 0.727. The van der Waals surface area contributed by atoms with Crippen molar-refractivity contribution in [1.82, 2.24) is 0 Å². The molecule has 18 heavy (non-hydrogen) atoms. The van der Waals surface area contributed by atoms with Gasteiger partial charge in [-0.2, -0.15) is 0 Å². The SMILES string of the molecule is CCC(C)(CCO)Nc1cc(C)ccc1C(=O)O. The summed E-state index contributed by atoms with van der Waals surface area (Å²) < 4.78 is 0. The van der Waals surface area contributed by atoms with Crippen molar-refractivity contribution in [3.05, 3.63) is 29.3 Å². The monoisotopic (exact) mass is 251 g/mol. The van der Waals surface area contributed by atoms with Crippen LogP contribution in [0.1, 0.15) is 42.6 Å². The molecule has 0 fully saturated rings. The number of aromatic carboxylic acids is 1. The van der Waals surface area contributed by atoms with E-state index in [4.69, 9.17) is 10.2 Å². The third kappa shape index (κ3) is 3.47. The smallest absolute Gasteiger partial charge is 0.337 e. The highest BCUT2D eigenvalue weighted by atomic mass is 16.4. The molecule has 0 amide bonds. The van der Waals surface area contributed by atoms with Crippen molar-refractivity contribution in [2.45, 2.75) is 39.2 Å². The molecule has 0 heterocycles. The van der Waals surface area contributed by atoms with Gasteiger partial charge in [-0.3, -0.25) is 0 Å². The Balaban J connectivity index is 3.08. The number of benzene rings is 1. The van der Waals surface area contributed by atoms with Gasteiger partial charge in [0.25, 0.3) is 0 Å². The number of carbonyl (C=O) groups is 1. The fraction of sp³-hybridized carbons (Fsp3) is 0.500. The molecule has 0 spiro atoms. The molecule has 0 aliphatic heterocycles. The Labute approximate surface area is 108 Å². The summed E-state index contributed by atoms with van der Waals surface area (Å²) in [6, 6.07) is 5.22. The summed E-state index contributed by atoms with van der Waals surface area (Å²) in [6.45, 7) is 5.99. The molecule has 1 aromatic carbocycles. The van der Waals surface area contributed by atoms with Gasteiger partial charge in [0, 0.05) is 17.8 Å². The summed E-state index contributed by atoms with van der Waals surface area (Å²) in [5, 5.41) is 21.5. The van der Waals surface area contributed by atoms with Gasteiger partial charge in [0.05, 0.1) is 5.56 Å². The van der Waals surface area contributed by atoms with Gasteiger partial charge >= 0.3 is 5.97 Å². The Morgan fingerprint density at radius 3 is 2.61 bits per heavy atom. The summed E-state index contributed by atoms with van der Waals surface area (Å²) in [6.07, 6.45) is 1.39. The zero-order valence-electron chi connectivity index (χ0n) is 11.2. The van der Waals surface area contributed by atoms with E-state index in [1.54, 1.807) is 12.1 Å². The second kappa shape index (κ2) is 5.87. The second-order valence-electron chi connectivity index (χ2n) is 4.87. The van der Waals surface area contributed by atoms with E-state index >= 15 is 0 Å². The van der Waals surface area contributed by atoms with Crippen molar-refractivity contribution in [1.29, 1.82) is 0 Å². The van der Waals surface area contributed by atoms with Gasteiger partial charge in [0.15, 0.2) is 0 Å². The zero-order valence-corrected chi connectivity index (χ0v) is 11.2. The first-order valence-corrected chi connectivity index (χ1v) is 6.15. The van der Waals surface area contributed by atoms with E-state index in [9.17, 15) is 4.79 Å². The van der Waals surface area contributed by atoms with E-state index in [0.29, 0.717) is 12.1 Å². The minimum Gasteiger partial charge on any atom is -0.478 e. The lowest BCUT2D eigenvalue weighted by Gasteiger charge is -2.31. The number of aliphatic hydroxyl groups excluding tert-OH is 1. The lowest BCUT2D eigenvalue weighted by Crippen LogP contribution is -2.35. The summed E-state index contributed by atoms with van der Waals surface area (Å²) in [5.41, 5.74) is 1.58. The van der Waals surface area contributed by atoms with Crippen LogP contribution in [0.5, 0.6) is 0 Å². The minimum atomic E-state index is -0.944. The topological polar surface area (TPSA) is 69.6 Å². The summed E-state index contributed by atoms with van der Waals surface area (Å²) in [7, 11) is 0. The van der Waals surface area contributed by atoms with E-state index in [0.717, 1.165) is 12.0 Å². The van der Waals surface area contributed by atoms with Gasteiger partial charge in [-0.25, -0.2) is 4.79 Å². The molecule has 0 radical (unpaired) electrons. The number of rotatable bonds is 6. The van der Waals surface area contributed by atoms with E-state index in [2.05, 4.69) is 5.32 Å². The van der Waals surface area contributed by atoms with Crippen molar-refractivity contribution >= 4 is 11.7 Å². The maximum Gasteiger partial charge on any atom is 0.337 e. The number of hydrogen-bond donors (Lipinski definition) is 3. The average molecular weight is 251 g/mol. The predicted molar refractivity (Wildman–Crippen MR) is 72.2 cm³/mol. The van der Waals surface area contributed by atoms with Crippen LogP contribution in [0.25, 0.3) is 0 Å². The van der Waals surface area contributed by atoms with Crippen LogP contribution < -0.4 is 5.32 Å². The number of carboxylic acids is 1. The second-order valence-corrected chi connectivity index (χ2v) is 4.87. The van der Waals surface area contributed by atoms with Gasteiger partial charge in [-0.1, -0.05) is 13.0 Å². The number of anilines is 1. The maximum atomic E-state index is 11.2. The Morgan fingerprint density at radius 1 is 1.44 bits per heavy atom. The summed E-state index contributed by atoms with van der Waals surface area (Å²) in [5.74, 6) is -0.944. The van der Waals surface area contributed by atoms with Crippen LogP contribution in [-0.4, -0.2) is 28.3 Å². The molecule has 0 saturated carbocycles. The average Bonchev–Trinajstić information content (AvgIpc) is 2.29. The molecule has 1 aromatic rings. The van der Waals surface area contributed by atoms with Crippen molar-refractivity contribution < 1.29 is 15.0 Å². The summed E-state index contributed by atoms with van der Waals surface area (Å²) in [4.78, 5) is 11.2. The number of nitrogens with one attached hydrogen (secondary N) is 1. The molecule has 0 aliphatic carbocycles. The highest BCUT2D eigenvalue weighted by Gasteiger charge is 2.23. The standard InChI is InChI=1S/C14H21NO3/c1-4-14(3,7-8-16)15-12-9-10(2)5-6-11(12)13(17)18/h5-6,9,15-16H,4,7-8H2,1-3H3,(H,17,18). The summed E-state index contributed by atoms with van der Waals surface area (Å²) >= 11 is 0. The predicted octanol–water partition coefficient (Wildman–Crippen LogP) is 2.66. The fourth-order valence-electron chi connectivity index (χ4n) is 1.85. The first kappa shape index (κ1) is 14.5. The minimum absolute atomic E-state index is 0.0750. The van der Waals surface area contributed by atoms with Gasteiger partial charge in [-0.05, 0) is 44.4 Å². The van der Waals surface area contributed by atoms with Crippen LogP contribution in [0, 0.1) is 6.92 Å². The van der Waals surface area contributed by atoms with Gasteiger partial charge in [0.1, 0.15) is 0 Å². The molecule has 4 heteroatoms. The molecule has 1 rings (SSSR count). The van der Waals surface area contributed by atoms with Gasteiger partial charge in [0.2, 0.25) is 0 Å². The molecule has 1 unspecified atom stereocenters. The van der Waals surface area contributed by atoms with Crippen molar-refractivity contribution in [2.75, 3.05) is 11.9 Å². The number of hydrogen-bond acceptors (Lipinski definition) is 3. The molecule has 0 aliphatic rings. The highest BCUT2D eigenvalue weighted by molar-refractivity contribution is 5.94. The van der Waals surface area contributed by atoms with E-state index in [1.807, 2.05) is 26.8 Å². The van der Waals surface area contributed by atoms with Crippen molar-refractivity contribution in [3.63, 3.8) is 0 Å². The number of carboxylic acid groups (broad SMARTS) is 1. The normalized spacial score (nSPS) is 14.0. The van der Waals surface area contributed by atoms with Crippen molar-refractivity contribution in [2.24, 2.45) is 0 Å². The Bertz CT molecular complexity index is 431. The Kier molecular flexibility index (Phi) is 4.73. The van der Waals surface area contributed by atoms with E-state index < -0.39 is 5.97 Å². The van der Waals surface area contributed by atoms with E-state index in [1.165, 1.54) is 0 Å². The number of aryl methyl sites for hydroxylation is 1. The molecule has 0 aromatic heterocycles. The van der Waals surface area contributed by atoms with Crippen LogP contribution in [0.3, 0.4) is 0 Å². The van der Waals surface area contributed by atoms with Crippen LogP contribution in [0.2, 0.25) is 0 Å². The van der Waals surface area contributed by atoms with Gasteiger partial charge in [-0.15, -0.1) is 0 Å². The van der Waals surface area contributed by atoms with Crippen molar-refractivity contribution in [3.8, 4) is 0 Å². The lowest BCUT2D eigenvalue weighted by molar-refractivity contribution is 0.0698. The largest absolute Gasteiger partial charge is 0.478 e. The van der Waals surface area contributed by atoms with Gasteiger partial charge < -0.3 is 15.5 Å². The molecular formula is C14H21NO3. The fourth-order valence-corrected chi connectivity index (χ4v) is 1.85. The van der Waals surface area contributed by atoms with E-state index in [-0.39, 0.29) is 17.7 Å². The zero-order chi connectivity index (χ0) is 13.8. The molecule has 1 atom stereocenters. The third-order valence-electron chi connectivity index (χ3n) is 3.29. The van der Waals surface area contributed by atoms with Crippen LogP contribution in [0.4, 0.5) is 5.69 Å². The molecule has 3 N–H and O–H groups in total. The first-order chi connectivity index (χ1) is 8.41. The van der Waals surface area contributed by atoms with Crippen LogP contribution in [-0.2, 0) is 0 Å². The molecule has 100 valence electrons. The highest BCUT2D eigenvalue weighted by Crippen LogP contribution is 2.25. The Morgan fingerprint density at radius 2 is 2.11 bits per heavy atom. The third-order valence-corrected chi connectivity index (χ3v) is 3.29. The van der Waals surface area contributed by atoms with Crippen LogP contribution >= 0.6 is 0 Å². The molecular weight excluding hydrogens is 230 g/mol. The maximum absolute atomic E-state index is 11.2. The lowest BCUT2D eigenvalue weighted by atomic mass is 9.93. The number of aliphatic hydroxyl groups is 1. The molecule has 4 nitrogen and oxygen atoms in total. The Hall–Kier alpha value is -1.55. The first-order valence-electron chi connectivity index (χ1n) is 6.15.